The first-order valence-corrected chi connectivity index (χ1v) is 30.9. The SMILES string of the molecule is Cc1c(N(c2ccc(-c3ccccc3)cc2)c2ccc(-c3ccccc3)cc2)ccc2c1oc1ccccc12.OB(O)c1ccccc1.[2HH].c1ccc(-c2ccc(N(c3ccc(-c4ccccc4)cc3)c3ccc4c(oc5ccccc54)c3-c3ccccc3)cc2)cc1. The molecule has 16 aromatic rings. The van der Waals surface area contributed by atoms with Crippen LogP contribution in [0.25, 0.3) is 99.5 Å². The second-order valence-corrected chi connectivity index (χ2v) is 22.6. The summed E-state index contributed by atoms with van der Waals surface area (Å²) in [5, 5.41) is 21.7. The summed E-state index contributed by atoms with van der Waals surface area (Å²) in [6.45, 7) is 2.16. The van der Waals surface area contributed by atoms with Crippen molar-refractivity contribution >= 4 is 90.6 Å². The molecule has 14 aromatic carbocycles. The fourth-order valence-electron chi connectivity index (χ4n) is 12.2. The third-order valence-electron chi connectivity index (χ3n) is 16.9. The highest BCUT2D eigenvalue weighted by molar-refractivity contribution is 6.58. The number of para-hydroxylation sites is 2. The van der Waals surface area contributed by atoms with Crippen LogP contribution in [0.2, 0.25) is 0 Å². The van der Waals surface area contributed by atoms with E-state index in [4.69, 9.17) is 18.9 Å². The summed E-state index contributed by atoms with van der Waals surface area (Å²) in [5.74, 6) is 0. The number of fused-ring (bicyclic) bond motifs is 6. The molecule has 92 heavy (non-hydrogen) atoms. The van der Waals surface area contributed by atoms with Crippen LogP contribution >= 0.6 is 0 Å². The number of anilines is 6. The first-order chi connectivity index (χ1) is 45.4. The lowest BCUT2D eigenvalue weighted by Gasteiger charge is -2.28. The van der Waals surface area contributed by atoms with Crippen molar-refractivity contribution in [3.05, 3.63) is 357 Å². The number of nitrogens with zero attached hydrogens (tertiary/aromatic N) is 2. The van der Waals surface area contributed by atoms with Crippen molar-refractivity contribution in [1.82, 2.24) is 0 Å². The lowest BCUT2D eigenvalue weighted by molar-refractivity contribution is 0.426. The molecule has 0 aliphatic carbocycles. The van der Waals surface area contributed by atoms with Crippen molar-refractivity contribution in [1.29, 1.82) is 0 Å². The number of furan rings is 2. The standard InChI is InChI=1S/C42H29NO.C37H27NO.C6H7BO2.H2/c1-4-12-30(13-5-1)32-20-24-35(25-21-32)43(36-26-22-33(23-27-36)31-14-6-2-7-15-31)39-29-28-38-37-18-10-11-19-40(37)44-42(38)41(39)34-16-8-3-9-17-34;1-26-35(25-24-34-33-14-8-9-15-36(33)39-37(26)34)38(31-20-16-29(17-21-31)27-10-4-2-5-11-27)32-22-18-30(19-23-32)28-12-6-3-7-13-28;8-7(9)6-4-2-1-3-5-6;/h1-29H;2-25H,1H3;1-5,8-9H;1H/i;;;1+1. The molecular formula is C85H65BN2O4. The molecule has 0 saturated carbocycles. The third-order valence-corrected chi connectivity index (χ3v) is 16.9. The largest absolute Gasteiger partial charge is 0.488 e. The van der Waals surface area contributed by atoms with Gasteiger partial charge >= 0.3 is 7.12 Å². The smallest absolute Gasteiger partial charge is 0.456 e. The summed E-state index contributed by atoms with van der Waals surface area (Å²) in [6.07, 6.45) is 0. The van der Waals surface area contributed by atoms with Crippen LogP contribution in [-0.2, 0) is 0 Å². The van der Waals surface area contributed by atoms with Crippen LogP contribution in [0.3, 0.4) is 0 Å². The molecule has 0 aliphatic heterocycles. The Labute approximate surface area is 537 Å². The van der Waals surface area contributed by atoms with Crippen LogP contribution < -0.4 is 15.3 Å². The second kappa shape index (κ2) is 26.5. The molecule has 0 radical (unpaired) electrons. The van der Waals surface area contributed by atoms with E-state index in [-0.39, 0.29) is 1.43 Å². The fraction of sp³-hybridized carbons (Fsp3) is 0.0118. The molecule has 0 fully saturated rings. The molecule has 0 spiro atoms. The lowest BCUT2D eigenvalue weighted by Crippen LogP contribution is -2.29. The summed E-state index contributed by atoms with van der Waals surface area (Å²) in [6, 6.07) is 122. The summed E-state index contributed by atoms with van der Waals surface area (Å²) < 4.78 is 13.0. The third kappa shape index (κ3) is 12.1. The summed E-state index contributed by atoms with van der Waals surface area (Å²) in [5.41, 5.74) is 23.5. The van der Waals surface area contributed by atoms with Crippen molar-refractivity contribution in [3.8, 4) is 55.6 Å². The van der Waals surface area contributed by atoms with Gasteiger partial charge < -0.3 is 28.7 Å². The van der Waals surface area contributed by atoms with Gasteiger partial charge in [0.05, 0.1) is 11.4 Å². The molecule has 0 saturated heterocycles. The van der Waals surface area contributed by atoms with E-state index in [2.05, 4.69) is 314 Å². The molecule has 0 unspecified atom stereocenters. The van der Waals surface area contributed by atoms with Gasteiger partial charge in [0, 0.05) is 56.8 Å². The summed E-state index contributed by atoms with van der Waals surface area (Å²) >= 11 is 0. The maximum absolute atomic E-state index is 8.58. The molecule has 0 amide bonds. The average molecular weight is 1190 g/mol. The van der Waals surface area contributed by atoms with Gasteiger partial charge in [-0.25, -0.2) is 0 Å². The minimum atomic E-state index is -1.34. The van der Waals surface area contributed by atoms with Gasteiger partial charge in [-0.3, -0.25) is 0 Å². The number of benzene rings is 14. The Bertz CT molecular complexity index is 4930. The first-order valence-electron chi connectivity index (χ1n) is 30.9. The van der Waals surface area contributed by atoms with Crippen molar-refractivity contribution in [2.75, 3.05) is 9.80 Å². The summed E-state index contributed by atoms with van der Waals surface area (Å²) in [4.78, 5) is 4.67. The predicted molar refractivity (Wildman–Crippen MR) is 387 cm³/mol. The zero-order valence-electron chi connectivity index (χ0n) is 50.7. The number of aryl methyl sites for hydroxylation is 1. The van der Waals surface area contributed by atoms with Gasteiger partial charge in [0.25, 0.3) is 0 Å². The molecule has 6 nitrogen and oxygen atoms in total. The fourth-order valence-corrected chi connectivity index (χ4v) is 12.2. The molecule has 2 aromatic heterocycles. The monoisotopic (exact) mass is 1190 g/mol. The van der Waals surface area contributed by atoms with Gasteiger partial charge in [0.1, 0.15) is 22.3 Å². The number of rotatable bonds is 12. The minimum Gasteiger partial charge on any atom is -0.456 e. The van der Waals surface area contributed by atoms with Gasteiger partial charge in [-0.1, -0.05) is 267 Å². The van der Waals surface area contributed by atoms with Gasteiger partial charge in [0.2, 0.25) is 0 Å². The van der Waals surface area contributed by atoms with E-state index in [0.717, 1.165) is 94.7 Å². The molecule has 7 heteroatoms. The van der Waals surface area contributed by atoms with Crippen molar-refractivity contribution in [2.24, 2.45) is 0 Å². The lowest BCUT2D eigenvalue weighted by atomic mass is 9.81. The summed E-state index contributed by atoms with van der Waals surface area (Å²) in [7, 11) is -1.34. The molecular weight excluding hydrogens is 1120 g/mol. The molecule has 2 heterocycles. The van der Waals surface area contributed by atoms with Crippen LogP contribution in [0.1, 0.15) is 6.99 Å². The van der Waals surface area contributed by atoms with Gasteiger partial charge in [-0.15, -0.1) is 0 Å². The van der Waals surface area contributed by atoms with Gasteiger partial charge in [0.15, 0.2) is 0 Å². The van der Waals surface area contributed by atoms with Gasteiger partial charge in [-0.2, -0.15) is 0 Å². The van der Waals surface area contributed by atoms with E-state index in [1.807, 2.05) is 30.3 Å². The molecule has 2 N–H and O–H groups in total. The normalized spacial score (nSPS) is 11.0. The van der Waals surface area contributed by atoms with Crippen LogP contribution in [0.15, 0.2) is 361 Å². The number of hydrogen-bond donors (Lipinski definition) is 2. The second-order valence-electron chi connectivity index (χ2n) is 22.6. The Kier molecular flexibility index (Phi) is 16.7. The molecule has 16 rings (SSSR count). The van der Waals surface area contributed by atoms with E-state index in [0.29, 0.717) is 5.46 Å². The Balaban J connectivity index is 0.000000149. The highest BCUT2D eigenvalue weighted by Crippen LogP contribution is 2.48. The topological polar surface area (TPSA) is 73.2 Å². The van der Waals surface area contributed by atoms with Crippen LogP contribution in [0, 0.1) is 6.92 Å². The van der Waals surface area contributed by atoms with Crippen molar-refractivity contribution in [2.45, 2.75) is 6.92 Å². The number of hydrogen-bond acceptors (Lipinski definition) is 6. The van der Waals surface area contributed by atoms with Gasteiger partial charge in [-0.05, 0) is 147 Å². The minimum absolute atomic E-state index is 0. The van der Waals surface area contributed by atoms with Crippen LogP contribution in [0.4, 0.5) is 34.1 Å². The maximum Gasteiger partial charge on any atom is 0.488 e. The Morgan fingerprint density at radius 2 is 0.543 bits per heavy atom. The highest BCUT2D eigenvalue weighted by atomic mass is 16.4. The van der Waals surface area contributed by atoms with E-state index in [9.17, 15) is 0 Å². The van der Waals surface area contributed by atoms with Crippen molar-refractivity contribution in [3.63, 3.8) is 0 Å². The maximum atomic E-state index is 8.58. The Morgan fingerprint density at radius 3 is 0.902 bits per heavy atom. The molecule has 0 bridgehead atoms. The van der Waals surface area contributed by atoms with Crippen LogP contribution in [0.5, 0.6) is 0 Å². The predicted octanol–water partition coefficient (Wildman–Crippen LogP) is 22.4. The van der Waals surface area contributed by atoms with E-state index in [1.165, 1.54) is 44.5 Å². The van der Waals surface area contributed by atoms with E-state index >= 15 is 0 Å². The zero-order chi connectivity index (χ0) is 62.2. The quantitative estimate of drug-likeness (QED) is 0.119. The Hall–Kier alpha value is -11.7. The molecule has 0 aliphatic rings. The Morgan fingerprint density at radius 1 is 0.261 bits per heavy atom. The average Bonchev–Trinajstić information content (AvgIpc) is 1.68. The first kappa shape index (κ1) is 58.0. The van der Waals surface area contributed by atoms with Crippen molar-refractivity contribution < 1.29 is 20.3 Å². The highest BCUT2D eigenvalue weighted by Gasteiger charge is 2.24. The zero-order valence-corrected chi connectivity index (χ0v) is 50.7. The van der Waals surface area contributed by atoms with Crippen LogP contribution in [-0.4, -0.2) is 17.2 Å². The van der Waals surface area contributed by atoms with E-state index < -0.39 is 7.12 Å². The molecule has 0 atom stereocenters. The molecule has 442 valence electrons. The van der Waals surface area contributed by atoms with E-state index in [1.54, 1.807) is 24.3 Å².